The van der Waals surface area contributed by atoms with Crippen LogP contribution in [0.1, 0.15) is 15.9 Å². The van der Waals surface area contributed by atoms with Crippen LogP contribution in [0.4, 0.5) is 5.69 Å². The molecule has 1 heterocycles. The summed E-state index contributed by atoms with van der Waals surface area (Å²) in [6.07, 6.45) is 1.10. The molecule has 0 atom stereocenters. The minimum absolute atomic E-state index is 0.0343. The number of piperazine rings is 1. The molecule has 0 saturated carbocycles. The van der Waals surface area contributed by atoms with E-state index in [1.165, 1.54) is 27.4 Å². The van der Waals surface area contributed by atoms with E-state index in [1.54, 1.807) is 31.2 Å². The zero-order chi connectivity index (χ0) is 21.9. The molecular weight excluding hydrogens is 406 g/mol. The fraction of sp³-hybridized carbons (Fsp3) is 0.238. The zero-order valence-electron chi connectivity index (χ0n) is 16.5. The summed E-state index contributed by atoms with van der Waals surface area (Å²) < 4.78 is 27.2. The second-order valence-corrected chi connectivity index (χ2v) is 8.79. The second kappa shape index (κ2) is 8.68. The van der Waals surface area contributed by atoms with E-state index in [2.05, 4.69) is 11.9 Å². The Bertz CT molecular complexity index is 1090. The summed E-state index contributed by atoms with van der Waals surface area (Å²) in [4.78, 5) is 26.1. The van der Waals surface area contributed by atoms with E-state index in [0.29, 0.717) is 11.3 Å². The van der Waals surface area contributed by atoms with Crippen LogP contribution in [0.25, 0.3) is 0 Å². The van der Waals surface area contributed by atoms with E-state index in [9.17, 15) is 23.1 Å². The molecule has 2 aromatic rings. The molecule has 2 N–H and O–H groups in total. The number of rotatable bonds is 5. The number of hydrogen-bond donors (Lipinski definition) is 2. The predicted molar refractivity (Wildman–Crippen MR) is 113 cm³/mol. The molecule has 1 aliphatic rings. The summed E-state index contributed by atoms with van der Waals surface area (Å²) in [5.74, 6) is -1.09. The van der Waals surface area contributed by atoms with Gasteiger partial charge in [0.1, 0.15) is 5.75 Å². The quantitative estimate of drug-likeness (QED) is 0.558. The number of hydrogen-bond acceptors (Lipinski definition) is 5. The topological polar surface area (TPSA) is 107 Å². The number of nitrogens with zero attached hydrogens (tertiary/aromatic N) is 2. The second-order valence-electron chi connectivity index (χ2n) is 6.89. The van der Waals surface area contributed by atoms with E-state index in [0.717, 1.165) is 6.08 Å². The smallest absolute Gasteiger partial charge is 0.257 e. The predicted octanol–water partition coefficient (Wildman–Crippen LogP) is 1.97. The highest BCUT2D eigenvalue weighted by Crippen LogP contribution is 2.25. The monoisotopic (exact) mass is 429 g/mol. The number of carbonyl (C=O) groups is 2. The Balaban J connectivity index is 1.73. The molecule has 2 aromatic carbocycles. The summed E-state index contributed by atoms with van der Waals surface area (Å²) in [7, 11) is -3.65. The Labute approximate surface area is 175 Å². The highest BCUT2D eigenvalue weighted by molar-refractivity contribution is 7.89. The van der Waals surface area contributed by atoms with E-state index >= 15 is 0 Å². The van der Waals surface area contributed by atoms with Crippen LogP contribution in [-0.2, 0) is 14.8 Å². The van der Waals surface area contributed by atoms with Crippen molar-refractivity contribution in [2.45, 2.75) is 11.8 Å². The molecule has 0 aromatic heterocycles. The number of nitrogens with one attached hydrogen (secondary N) is 1. The molecular formula is C21H23N3O5S. The average molecular weight is 429 g/mol. The Morgan fingerprint density at radius 1 is 1.10 bits per heavy atom. The van der Waals surface area contributed by atoms with Gasteiger partial charge in [-0.1, -0.05) is 24.8 Å². The van der Waals surface area contributed by atoms with Crippen molar-refractivity contribution in [1.82, 2.24) is 9.21 Å². The van der Waals surface area contributed by atoms with Gasteiger partial charge in [0.25, 0.3) is 5.91 Å². The van der Waals surface area contributed by atoms with Crippen LogP contribution in [0.15, 0.2) is 60.0 Å². The van der Waals surface area contributed by atoms with Crippen LogP contribution in [0.5, 0.6) is 5.75 Å². The summed E-state index contributed by atoms with van der Waals surface area (Å²) in [5, 5.41) is 12.6. The van der Waals surface area contributed by atoms with Crippen molar-refractivity contribution in [3.05, 3.63) is 66.2 Å². The van der Waals surface area contributed by atoms with Crippen LogP contribution >= 0.6 is 0 Å². The number of anilines is 1. The Morgan fingerprint density at radius 3 is 2.40 bits per heavy atom. The van der Waals surface area contributed by atoms with Gasteiger partial charge in [0.05, 0.1) is 10.5 Å². The first-order chi connectivity index (χ1) is 14.2. The first kappa shape index (κ1) is 21.5. The summed E-state index contributed by atoms with van der Waals surface area (Å²) >= 11 is 0. The lowest BCUT2D eigenvalue weighted by Gasteiger charge is -2.34. The molecule has 0 spiro atoms. The first-order valence-corrected chi connectivity index (χ1v) is 10.8. The highest BCUT2D eigenvalue weighted by atomic mass is 32.2. The van der Waals surface area contributed by atoms with Crippen molar-refractivity contribution in [2.75, 3.05) is 31.5 Å². The number of phenolic OH excluding ortho intramolecular Hbond substituents is 1. The van der Waals surface area contributed by atoms with Gasteiger partial charge in [-0.2, -0.15) is 4.31 Å². The minimum Gasteiger partial charge on any atom is -0.507 e. The van der Waals surface area contributed by atoms with Crippen molar-refractivity contribution in [3.63, 3.8) is 0 Å². The van der Waals surface area contributed by atoms with Crippen molar-refractivity contribution in [1.29, 1.82) is 0 Å². The number of amides is 2. The van der Waals surface area contributed by atoms with Crippen LogP contribution in [0.2, 0.25) is 0 Å². The molecule has 1 fully saturated rings. The van der Waals surface area contributed by atoms with Gasteiger partial charge in [0.15, 0.2) is 0 Å². The molecule has 0 radical (unpaired) electrons. The third kappa shape index (κ3) is 4.37. The number of aromatic hydroxyl groups is 1. The Morgan fingerprint density at radius 2 is 1.77 bits per heavy atom. The van der Waals surface area contributed by atoms with Crippen molar-refractivity contribution in [2.24, 2.45) is 0 Å². The Kier molecular flexibility index (Phi) is 6.23. The van der Waals surface area contributed by atoms with Gasteiger partial charge in [-0.25, -0.2) is 8.42 Å². The lowest BCUT2D eigenvalue weighted by molar-refractivity contribution is -0.111. The van der Waals surface area contributed by atoms with Gasteiger partial charge in [0.2, 0.25) is 15.9 Å². The van der Waals surface area contributed by atoms with Gasteiger partial charge < -0.3 is 15.3 Å². The number of phenols is 1. The molecule has 0 aliphatic carbocycles. The van der Waals surface area contributed by atoms with Gasteiger partial charge >= 0.3 is 0 Å². The third-order valence-electron chi connectivity index (χ3n) is 4.92. The Hall–Kier alpha value is -3.17. The fourth-order valence-electron chi connectivity index (χ4n) is 3.27. The van der Waals surface area contributed by atoms with Gasteiger partial charge in [0, 0.05) is 31.9 Å². The molecule has 1 saturated heterocycles. The first-order valence-electron chi connectivity index (χ1n) is 9.35. The number of aryl methyl sites for hydroxylation is 1. The maximum atomic E-state index is 12.9. The van der Waals surface area contributed by atoms with Crippen LogP contribution in [0.3, 0.4) is 0 Å². The molecule has 9 heteroatoms. The highest BCUT2D eigenvalue weighted by Gasteiger charge is 2.31. The van der Waals surface area contributed by atoms with Crippen LogP contribution in [-0.4, -0.2) is 60.7 Å². The van der Waals surface area contributed by atoms with E-state index in [1.807, 2.05) is 0 Å². The minimum atomic E-state index is -3.65. The number of carbonyl (C=O) groups excluding carboxylic acids is 2. The lowest BCUT2D eigenvalue weighted by Crippen LogP contribution is -2.50. The molecule has 158 valence electrons. The van der Waals surface area contributed by atoms with Crippen molar-refractivity contribution >= 4 is 27.5 Å². The average Bonchev–Trinajstić information content (AvgIpc) is 2.74. The van der Waals surface area contributed by atoms with Crippen LogP contribution in [0, 0.1) is 6.92 Å². The SMILES string of the molecule is C=CC(=O)Nc1ccc(O)c(C(=O)N2CCN(S(=O)(=O)c3ccccc3C)CC2)c1. The largest absolute Gasteiger partial charge is 0.507 e. The molecule has 8 nitrogen and oxygen atoms in total. The third-order valence-corrected chi connectivity index (χ3v) is 6.98. The van der Waals surface area contributed by atoms with E-state index < -0.39 is 21.8 Å². The summed E-state index contributed by atoms with van der Waals surface area (Å²) in [5.41, 5.74) is 1.05. The van der Waals surface area contributed by atoms with Gasteiger partial charge in [-0.15, -0.1) is 0 Å². The lowest BCUT2D eigenvalue weighted by atomic mass is 10.1. The zero-order valence-corrected chi connectivity index (χ0v) is 17.4. The van der Waals surface area contributed by atoms with Gasteiger partial charge in [-0.05, 0) is 42.8 Å². The van der Waals surface area contributed by atoms with Crippen LogP contribution < -0.4 is 5.32 Å². The summed E-state index contributed by atoms with van der Waals surface area (Å²) in [6.45, 7) is 5.78. The standard InChI is InChI=1S/C21H23N3O5S/c1-3-20(26)22-16-8-9-18(25)17(14-16)21(27)23-10-12-24(13-11-23)30(28,29)19-7-5-4-6-15(19)2/h3-9,14,25H,1,10-13H2,2H3,(H,22,26). The molecule has 0 bridgehead atoms. The van der Waals surface area contributed by atoms with E-state index in [4.69, 9.17) is 0 Å². The van der Waals surface area contributed by atoms with Gasteiger partial charge in [-0.3, -0.25) is 9.59 Å². The normalized spacial score (nSPS) is 14.9. The van der Waals surface area contributed by atoms with Crippen molar-refractivity contribution in [3.8, 4) is 5.75 Å². The van der Waals surface area contributed by atoms with E-state index in [-0.39, 0.29) is 42.4 Å². The maximum absolute atomic E-state index is 12.9. The number of benzene rings is 2. The molecule has 1 aliphatic heterocycles. The van der Waals surface area contributed by atoms with Crippen molar-refractivity contribution < 1.29 is 23.1 Å². The number of sulfonamides is 1. The fourth-order valence-corrected chi connectivity index (χ4v) is 4.91. The molecule has 2 amide bonds. The molecule has 0 unspecified atom stereocenters. The maximum Gasteiger partial charge on any atom is 0.257 e. The molecule has 3 rings (SSSR count). The summed E-state index contributed by atoms with van der Waals surface area (Å²) in [6, 6.07) is 11.0. The molecule has 30 heavy (non-hydrogen) atoms.